The number of carbonyl (C=O) groups is 2. The molecule has 1 unspecified atom stereocenters. The SMILES string of the molecule is CCCCCCCCCCCCCOC(=O)C(CC(=O)OCC)S(=O)(=O)O.[NaH].[NaH]. The van der Waals surface area contributed by atoms with Gasteiger partial charge in [-0.3, -0.25) is 14.1 Å². The third-order valence-corrected chi connectivity index (χ3v) is 5.35. The third-order valence-electron chi connectivity index (χ3n) is 4.27. The zero-order chi connectivity index (χ0) is 20.5. The van der Waals surface area contributed by atoms with Gasteiger partial charge in [0.25, 0.3) is 10.1 Å². The first-order valence-electron chi connectivity index (χ1n) is 10.1. The van der Waals surface area contributed by atoms with Gasteiger partial charge < -0.3 is 9.47 Å². The molecule has 1 N–H and O–H groups in total. The van der Waals surface area contributed by atoms with Crippen molar-refractivity contribution in [3.05, 3.63) is 0 Å². The summed E-state index contributed by atoms with van der Waals surface area (Å²) in [5.41, 5.74) is 0. The molecule has 0 aromatic carbocycles. The Balaban J connectivity index is -0.00000338. The fourth-order valence-corrected chi connectivity index (χ4v) is 3.37. The molecule has 0 aliphatic rings. The van der Waals surface area contributed by atoms with E-state index in [4.69, 9.17) is 9.29 Å². The van der Waals surface area contributed by atoms with Crippen molar-refractivity contribution in [3.8, 4) is 0 Å². The Morgan fingerprint density at radius 3 is 1.66 bits per heavy atom. The molecule has 0 aromatic rings. The van der Waals surface area contributed by atoms with Crippen molar-refractivity contribution in [1.82, 2.24) is 0 Å². The number of ether oxygens (including phenoxy) is 2. The second-order valence-corrected chi connectivity index (χ2v) is 8.31. The molecule has 0 aliphatic heterocycles. The summed E-state index contributed by atoms with van der Waals surface area (Å²) >= 11 is 0. The molecule has 7 nitrogen and oxygen atoms in total. The van der Waals surface area contributed by atoms with E-state index in [2.05, 4.69) is 11.7 Å². The van der Waals surface area contributed by atoms with Crippen LogP contribution in [-0.2, 0) is 29.2 Å². The van der Waals surface area contributed by atoms with Gasteiger partial charge in [-0.25, -0.2) is 0 Å². The predicted octanol–water partition coefficient (Wildman–Crippen LogP) is 2.75. The molecule has 0 radical (unpaired) electrons. The second kappa shape index (κ2) is 22.1. The van der Waals surface area contributed by atoms with E-state index in [-0.39, 0.29) is 72.3 Å². The van der Waals surface area contributed by atoms with Crippen LogP contribution in [0.25, 0.3) is 0 Å². The molecule has 0 saturated heterocycles. The topological polar surface area (TPSA) is 107 Å². The molecule has 164 valence electrons. The van der Waals surface area contributed by atoms with Crippen LogP contribution in [0.3, 0.4) is 0 Å². The zero-order valence-electron chi connectivity index (χ0n) is 16.8. The fourth-order valence-electron chi connectivity index (χ4n) is 2.71. The number of esters is 2. The maximum atomic E-state index is 11.8. The molecule has 0 aromatic heterocycles. The van der Waals surface area contributed by atoms with Gasteiger partial charge >= 0.3 is 71.1 Å². The van der Waals surface area contributed by atoms with Gasteiger partial charge in [0.2, 0.25) is 0 Å². The summed E-state index contributed by atoms with van der Waals surface area (Å²) in [4.78, 5) is 23.2. The van der Waals surface area contributed by atoms with Crippen molar-refractivity contribution in [3.63, 3.8) is 0 Å². The van der Waals surface area contributed by atoms with Gasteiger partial charge in [-0.2, -0.15) is 8.42 Å². The van der Waals surface area contributed by atoms with Gasteiger partial charge in [0.1, 0.15) is 0 Å². The van der Waals surface area contributed by atoms with Gasteiger partial charge in [-0.15, -0.1) is 0 Å². The maximum absolute atomic E-state index is 11.8. The Morgan fingerprint density at radius 1 is 0.793 bits per heavy atom. The van der Waals surface area contributed by atoms with Crippen LogP contribution in [0.4, 0.5) is 0 Å². The summed E-state index contributed by atoms with van der Waals surface area (Å²) in [5, 5.41) is -1.93. The van der Waals surface area contributed by atoms with Crippen molar-refractivity contribution >= 4 is 81.2 Å². The predicted molar refractivity (Wildman–Crippen MR) is 118 cm³/mol. The van der Waals surface area contributed by atoms with Crippen LogP contribution in [-0.4, -0.2) is 102 Å². The Morgan fingerprint density at radius 2 is 1.24 bits per heavy atom. The van der Waals surface area contributed by atoms with E-state index >= 15 is 0 Å². The first kappa shape index (κ1) is 34.5. The van der Waals surface area contributed by atoms with E-state index < -0.39 is 33.7 Å². The van der Waals surface area contributed by atoms with E-state index in [0.717, 1.165) is 19.3 Å². The average molecular weight is 457 g/mol. The molecule has 0 aliphatic carbocycles. The molecule has 0 fully saturated rings. The Bertz CT molecular complexity index is 513. The summed E-state index contributed by atoms with van der Waals surface area (Å²) in [6.45, 7) is 3.90. The van der Waals surface area contributed by atoms with E-state index in [9.17, 15) is 18.0 Å². The average Bonchev–Trinajstić information content (AvgIpc) is 2.59. The first-order chi connectivity index (χ1) is 12.8. The number of rotatable bonds is 17. The zero-order valence-corrected chi connectivity index (χ0v) is 17.6. The van der Waals surface area contributed by atoms with E-state index in [1.807, 2.05) is 0 Å². The standard InChI is InChI=1S/C19H36O7S.2Na.2H/c1-3-5-6-7-8-9-10-11-12-13-14-15-26-19(21)17(27(22,23)24)16-18(20)25-4-2;;;;/h17H,3-16H2,1-2H3,(H,22,23,24);;;;. The summed E-state index contributed by atoms with van der Waals surface area (Å²) in [5.74, 6) is -1.98. The number of hydrogen-bond donors (Lipinski definition) is 1. The second-order valence-electron chi connectivity index (χ2n) is 6.72. The van der Waals surface area contributed by atoms with Crippen molar-refractivity contribution in [2.24, 2.45) is 0 Å². The molecular weight excluding hydrogens is 418 g/mol. The van der Waals surface area contributed by atoms with Gasteiger partial charge in [-0.05, 0) is 13.3 Å². The third kappa shape index (κ3) is 20.5. The molecule has 0 spiro atoms. The van der Waals surface area contributed by atoms with Gasteiger partial charge in [0.15, 0.2) is 5.25 Å². The van der Waals surface area contributed by atoms with Crippen LogP contribution in [0.5, 0.6) is 0 Å². The molecule has 0 rings (SSSR count). The van der Waals surface area contributed by atoms with Gasteiger partial charge in [0.05, 0.1) is 19.6 Å². The molecule has 1 atom stereocenters. The Kier molecular flexibility index (Phi) is 26.2. The van der Waals surface area contributed by atoms with Crippen LogP contribution in [0.1, 0.15) is 90.9 Å². The number of carbonyl (C=O) groups excluding carboxylic acids is 2. The molecule has 0 saturated carbocycles. The Hall–Kier alpha value is 0.850. The monoisotopic (exact) mass is 456 g/mol. The van der Waals surface area contributed by atoms with E-state index in [1.54, 1.807) is 6.92 Å². The van der Waals surface area contributed by atoms with Crippen LogP contribution < -0.4 is 0 Å². The summed E-state index contributed by atoms with van der Waals surface area (Å²) < 4.78 is 41.2. The van der Waals surface area contributed by atoms with Gasteiger partial charge in [0, 0.05) is 0 Å². The van der Waals surface area contributed by atoms with Crippen LogP contribution in [0.2, 0.25) is 0 Å². The number of unbranched alkanes of at least 4 members (excludes halogenated alkanes) is 10. The number of hydrogen-bond acceptors (Lipinski definition) is 6. The van der Waals surface area contributed by atoms with Crippen molar-refractivity contribution in [2.75, 3.05) is 13.2 Å². The molecule has 29 heavy (non-hydrogen) atoms. The molecule has 0 heterocycles. The molecule has 10 heteroatoms. The van der Waals surface area contributed by atoms with Crippen LogP contribution >= 0.6 is 0 Å². The van der Waals surface area contributed by atoms with Crippen LogP contribution in [0, 0.1) is 0 Å². The molecule has 0 bridgehead atoms. The van der Waals surface area contributed by atoms with Gasteiger partial charge in [-0.1, -0.05) is 71.1 Å². The quantitative estimate of drug-likeness (QED) is 0.155. The fraction of sp³-hybridized carbons (Fsp3) is 0.895. The van der Waals surface area contributed by atoms with E-state index in [0.29, 0.717) is 6.42 Å². The van der Waals surface area contributed by atoms with Crippen molar-refractivity contribution in [2.45, 2.75) is 96.1 Å². The minimum absolute atomic E-state index is 0. The molecular formula is C19H38Na2O7S. The molecule has 0 amide bonds. The van der Waals surface area contributed by atoms with Crippen LogP contribution in [0.15, 0.2) is 0 Å². The first-order valence-corrected chi connectivity index (χ1v) is 11.6. The Labute approximate surface area is 220 Å². The normalized spacial score (nSPS) is 11.7. The van der Waals surface area contributed by atoms with E-state index in [1.165, 1.54) is 44.9 Å². The summed E-state index contributed by atoms with van der Waals surface area (Å²) in [6, 6.07) is 0. The van der Waals surface area contributed by atoms with Crippen molar-refractivity contribution in [1.29, 1.82) is 0 Å². The van der Waals surface area contributed by atoms with Crippen molar-refractivity contribution < 1.29 is 32.0 Å². The summed E-state index contributed by atoms with van der Waals surface area (Å²) in [6.07, 6.45) is 11.9. The summed E-state index contributed by atoms with van der Waals surface area (Å²) in [7, 11) is -4.72. The minimum atomic E-state index is -4.72.